The van der Waals surface area contributed by atoms with E-state index in [1.54, 1.807) is 20.8 Å². The molecule has 2 amide bonds. The van der Waals surface area contributed by atoms with Crippen molar-refractivity contribution in [2.75, 3.05) is 19.7 Å². The number of esters is 1. The predicted molar refractivity (Wildman–Crippen MR) is 94.3 cm³/mol. The van der Waals surface area contributed by atoms with Crippen molar-refractivity contribution in [2.24, 2.45) is 0 Å². The highest BCUT2D eigenvalue weighted by Crippen LogP contribution is 2.24. The first-order valence-electron chi connectivity index (χ1n) is 8.20. The molecule has 11 heteroatoms. The van der Waals surface area contributed by atoms with Crippen LogP contribution in [0.5, 0.6) is 0 Å². The van der Waals surface area contributed by atoms with Crippen LogP contribution in [-0.2, 0) is 25.5 Å². The zero-order chi connectivity index (χ0) is 20.4. The Morgan fingerprint density at radius 3 is 2.30 bits per heavy atom. The summed E-state index contributed by atoms with van der Waals surface area (Å²) in [5.41, 5.74) is 1.70. The summed E-state index contributed by atoms with van der Waals surface area (Å²) in [7, 11) is 0. The van der Waals surface area contributed by atoms with Crippen LogP contribution in [0.4, 0.5) is 8.78 Å². The van der Waals surface area contributed by atoms with E-state index in [1.165, 1.54) is 0 Å². The lowest BCUT2D eigenvalue weighted by atomic mass is 10.1. The number of aromatic nitrogens is 2. The average molecular weight is 404 g/mol. The lowest BCUT2D eigenvalue weighted by Gasteiger charge is -2.10. The van der Waals surface area contributed by atoms with Crippen LogP contribution in [0.25, 0.3) is 0 Å². The van der Waals surface area contributed by atoms with Gasteiger partial charge in [0.15, 0.2) is 11.8 Å². The van der Waals surface area contributed by atoms with Gasteiger partial charge >= 0.3 is 5.97 Å². The van der Waals surface area contributed by atoms with Gasteiger partial charge in [-0.15, -0.1) is 0 Å². The van der Waals surface area contributed by atoms with E-state index in [9.17, 15) is 23.2 Å². The predicted octanol–water partition coefficient (Wildman–Crippen LogP) is 1.14. The number of likely N-dealkylation sites (N-methyl/N-ethyl adjacent to an activating group) is 1. The first-order valence-corrected chi connectivity index (χ1v) is 9.08. The number of nitrogens with one attached hydrogen (secondary N) is 2. The molecule has 0 aromatic carbocycles. The number of alkyl halides is 2. The normalized spacial score (nSPS) is 10.6. The maximum absolute atomic E-state index is 12.4. The third-order valence-electron chi connectivity index (χ3n) is 3.36. The topological polar surface area (TPSA) is 110 Å². The molecule has 1 aromatic rings. The number of carbonyl (C=O) groups is 3. The molecule has 27 heavy (non-hydrogen) atoms. The number of nitrogens with zero attached hydrogens (tertiary/aromatic N) is 2. The maximum Gasteiger partial charge on any atom is 0.306 e. The van der Waals surface area contributed by atoms with Crippen LogP contribution in [-0.4, -0.2) is 53.2 Å². The van der Waals surface area contributed by atoms with Crippen molar-refractivity contribution >= 4 is 29.5 Å². The summed E-state index contributed by atoms with van der Waals surface area (Å²) in [6, 6.07) is 0. The number of aryl methyl sites for hydroxylation is 2. The highest BCUT2D eigenvalue weighted by atomic mass is 32.2. The van der Waals surface area contributed by atoms with Gasteiger partial charge in [0.1, 0.15) is 0 Å². The van der Waals surface area contributed by atoms with E-state index < -0.39 is 24.2 Å². The van der Waals surface area contributed by atoms with Gasteiger partial charge in [0.05, 0.1) is 6.54 Å². The monoisotopic (exact) mass is 404 g/mol. The minimum Gasteiger partial charge on any atom is -0.456 e. The molecule has 0 fully saturated rings. The molecule has 0 bridgehead atoms. The number of ether oxygens (including phenoxy) is 1. The number of carbonyl (C=O) groups excluding carboxylic acids is 3. The van der Waals surface area contributed by atoms with Gasteiger partial charge in [-0.05, 0) is 44.5 Å². The van der Waals surface area contributed by atoms with Gasteiger partial charge < -0.3 is 15.4 Å². The minimum absolute atomic E-state index is 0.0179. The van der Waals surface area contributed by atoms with E-state index in [2.05, 4.69) is 20.6 Å². The molecule has 0 saturated heterocycles. The maximum atomic E-state index is 12.4. The first kappa shape index (κ1) is 22.7. The Morgan fingerprint density at radius 1 is 1.11 bits per heavy atom. The number of thioether (sulfide) groups is 1. The van der Waals surface area contributed by atoms with Gasteiger partial charge in [0.2, 0.25) is 5.91 Å². The third kappa shape index (κ3) is 8.76. The molecule has 0 aliphatic rings. The summed E-state index contributed by atoms with van der Waals surface area (Å²) in [6.07, 6.45) is 0.243. The second-order valence-corrected chi connectivity index (χ2v) is 6.38. The summed E-state index contributed by atoms with van der Waals surface area (Å²) in [4.78, 5) is 42.5. The summed E-state index contributed by atoms with van der Waals surface area (Å²) < 4.78 is 29.6. The van der Waals surface area contributed by atoms with Crippen molar-refractivity contribution in [3.63, 3.8) is 0 Å². The molecular formula is C16H22F2N4O4S. The van der Waals surface area contributed by atoms with Crippen molar-refractivity contribution < 1.29 is 27.9 Å². The van der Waals surface area contributed by atoms with E-state index >= 15 is 0 Å². The van der Waals surface area contributed by atoms with Crippen LogP contribution < -0.4 is 10.6 Å². The van der Waals surface area contributed by atoms with Crippen LogP contribution in [0.2, 0.25) is 0 Å². The Labute approximate surface area is 159 Å². The van der Waals surface area contributed by atoms with Crippen molar-refractivity contribution in [1.29, 1.82) is 0 Å². The fraction of sp³-hybridized carbons (Fsp3) is 0.562. The molecule has 0 atom stereocenters. The van der Waals surface area contributed by atoms with Gasteiger partial charge in [-0.3, -0.25) is 14.4 Å². The van der Waals surface area contributed by atoms with Gasteiger partial charge in [-0.25, -0.2) is 9.97 Å². The molecule has 0 aliphatic heterocycles. The fourth-order valence-electron chi connectivity index (χ4n) is 2.14. The molecule has 1 aromatic heterocycles. The summed E-state index contributed by atoms with van der Waals surface area (Å²) >= 11 is 0.261. The van der Waals surface area contributed by atoms with E-state index in [1.807, 2.05) is 0 Å². The van der Waals surface area contributed by atoms with Crippen LogP contribution in [0.15, 0.2) is 5.16 Å². The molecule has 0 saturated carbocycles. The van der Waals surface area contributed by atoms with Crippen LogP contribution in [0.3, 0.4) is 0 Å². The quantitative estimate of drug-likeness (QED) is 0.342. The van der Waals surface area contributed by atoms with Crippen molar-refractivity contribution in [3.8, 4) is 0 Å². The van der Waals surface area contributed by atoms with Crippen molar-refractivity contribution in [2.45, 2.75) is 44.5 Å². The second-order valence-electron chi connectivity index (χ2n) is 5.42. The number of hydrogen-bond donors (Lipinski definition) is 2. The standard InChI is InChI=1S/C16H22F2N4O4S/c1-4-19-12(23)7-20-13(24)8-26-14(25)6-5-11-9(2)21-16(22-10(11)3)27-15(17)18/h15H,4-8H2,1-3H3,(H,19,23)(H,20,24). The van der Waals surface area contributed by atoms with Crippen LogP contribution in [0.1, 0.15) is 30.3 Å². The molecule has 150 valence electrons. The Bertz CT molecular complexity index is 665. The molecule has 0 radical (unpaired) electrons. The van der Waals surface area contributed by atoms with E-state index in [4.69, 9.17) is 4.74 Å². The number of amides is 2. The highest BCUT2D eigenvalue weighted by molar-refractivity contribution is 7.99. The lowest BCUT2D eigenvalue weighted by Crippen LogP contribution is -2.38. The molecule has 0 unspecified atom stereocenters. The zero-order valence-corrected chi connectivity index (χ0v) is 16.1. The summed E-state index contributed by atoms with van der Waals surface area (Å²) in [6.45, 7) is 4.83. The number of halogens is 2. The highest BCUT2D eigenvalue weighted by Gasteiger charge is 2.15. The molecule has 8 nitrogen and oxygen atoms in total. The number of hydrogen-bond acceptors (Lipinski definition) is 7. The summed E-state index contributed by atoms with van der Waals surface area (Å²) in [5.74, 6) is -4.13. The molecular weight excluding hydrogens is 382 g/mol. The zero-order valence-electron chi connectivity index (χ0n) is 15.3. The Kier molecular flexibility index (Phi) is 9.62. The minimum atomic E-state index is -2.61. The second kappa shape index (κ2) is 11.4. The molecule has 0 aliphatic carbocycles. The Morgan fingerprint density at radius 2 is 1.74 bits per heavy atom. The third-order valence-corrected chi connectivity index (χ3v) is 3.93. The molecule has 1 rings (SSSR count). The molecule has 2 N–H and O–H groups in total. The van der Waals surface area contributed by atoms with Crippen molar-refractivity contribution in [3.05, 3.63) is 17.0 Å². The first-order chi connectivity index (χ1) is 12.7. The fourth-order valence-corrected chi connectivity index (χ4v) is 2.68. The van der Waals surface area contributed by atoms with E-state index in [0.29, 0.717) is 23.5 Å². The van der Waals surface area contributed by atoms with Crippen molar-refractivity contribution in [1.82, 2.24) is 20.6 Å². The smallest absolute Gasteiger partial charge is 0.306 e. The van der Waals surface area contributed by atoms with E-state index in [-0.39, 0.29) is 42.2 Å². The lowest BCUT2D eigenvalue weighted by molar-refractivity contribution is -0.148. The average Bonchev–Trinajstić information content (AvgIpc) is 2.57. The Hall–Kier alpha value is -2.30. The largest absolute Gasteiger partial charge is 0.456 e. The van der Waals surface area contributed by atoms with Gasteiger partial charge in [0.25, 0.3) is 11.7 Å². The van der Waals surface area contributed by atoms with Gasteiger partial charge in [-0.2, -0.15) is 8.78 Å². The van der Waals surface area contributed by atoms with Gasteiger partial charge in [-0.1, -0.05) is 0 Å². The van der Waals surface area contributed by atoms with Gasteiger partial charge in [0, 0.05) is 24.4 Å². The van der Waals surface area contributed by atoms with Crippen LogP contribution >= 0.6 is 11.8 Å². The summed E-state index contributed by atoms with van der Waals surface area (Å²) in [5, 5.41) is 4.82. The molecule has 1 heterocycles. The number of rotatable bonds is 10. The Balaban J connectivity index is 2.44. The van der Waals surface area contributed by atoms with Crippen LogP contribution in [0, 0.1) is 13.8 Å². The molecule has 0 spiro atoms. The SMILES string of the molecule is CCNC(=O)CNC(=O)COC(=O)CCc1c(C)nc(SC(F)F)nc1C. The van der Waals surface area contributed by atoms with E-state index in [0.717, 1.165) is 0 Å².